The number of rotatable bonds is 7. The van der Waals surface area contributed by atoms with Gasteiger partial charge in [-0.05, 0) is 18.2 Å². The monoisotopic (exact) mass is 394 g/mol. The zero-order valence-corrected chi connectivity index (χ0v) is 15.5. The zero-order valence-electron chi connectivity index (χ0n) is 15.5. The number of fused-ring (bicyclic) bond motifs is 1. The summed E-state index contributed by atoms with van der Waals surface area (Å²) in [7, 11) is 1.40. The van der Waals surface area contributed by atoms with E-state index in [1.165, 1.54) is 25.3 Å². The highest BCUT2D eigenvalue weighted by atomic mass is 16.6. The zero-order chi connectivity index (χ0) is 21.0. The lowest BCUT2D eigenvalue weighted by molar-refractivity contribution is -0.384. The summed E-state index contributed by atoms with van der Waals surface area (Å²) in [4.78, 5) is 39.3. The maximum atomic E-state index is 12.6. The Morgan fingerprint density at radius 3 is 2.66 bits per heavy atom. The molecule has 9 heteroatoms. The van der Waals surface area contributed by atoms with E-state index in [0.717, 1.165) is 5.39 Å². The number of nitrogens with zero attached hydrogens (tertiary/aromatic N) is 2. The van der Waals surface area contributed by atoms with Crippen molar-refractivity contribution in [2.75, 3.05) is 7.11 Å². The van der Waals surface area contributed by atoms with Crippen LogP contribution in [0.3, 0.4) is 0 Å². The second kappa shape index (κ2) is 8.34. The molecule has 0 spiro atoms. The fraction of sp³-hybridized carbons (Fsp3) is 0.150. The Morgan fingerprint density at radius 2 is 1.97 bits per heavy atom. The van der Waals surface area contributed by atoms with Gasteiger partial charge in [-0.15, -0.1) is 0 Å². The van der Waals surface area contributed by atoms with Crippen LogP contribution in [-0.4, -0.2) is 34.9 Å². The van der Waals surface area contributed by atoms with Crippen LogP contribution in [0.5, 0.6) is 5.75 Å². The average molecular weight is 394 g/mol. The van der Waals surface area contributed by atoms with Gasteiger partial charge in [0, 0.05) is 29.5 Å². The summed E-state index contributed by atoms with van der Waals surface area (Å²) in [5.74, 6) is -1.02. The van der Waals surface area contributed by atoms with E-state index in [2.05, 4.69) is 10.3 Å². The molecule has 0 aliphatic heterocycles. The topological polar surface area (TPSA) is 137 Å². The molecule has 0 unspecified atom stereocenters. The van der Waals surface area contributed by atoms with E-state index in [4.69, 9.17) is 10.5 Å². The highest BCUT2D eigenvalue weighted by Gasteiger charge is 2.23. The predicted octanol–water partition coefficient (Wildman–Crippen LogP) is 1.98. The Morgan fingerprint density at radius 1 is 1.21 bits per heavy atom. The number of benzene rings is 2. The first-order valence-corrected chi connectivity index (χ1v) is 8.66. The number of carbonyl (C=O) groups is 2. The molecule has 0 saturated heterocycles. The number of hydrogen-bond acceptors (Lipinski definition) is 6. The molecule has 0 radical (unpaired) electrons. The van der Waals surface area contributed by atoms with Gasteiger partial charge in [0.25, 0.3) is 11.6 Å². The van der Waals surface area contributed by atoms with E-state index < -0.39 is 22.8 Å². The minimum atomic E-state index is -1.10. The van der Waals surface area contributed by atoms with Crippen molar-refractivity contribution in [3.8, 4) is 5.75 Å². The molecule has 0 fully saturated rings. The van der Waals surface area contributed by atoms with Gasteiger partial charge in [0.15, 0.2) is 0 Å². The van der Waals surface area contributed by atoms with Crippen molar-refractivity contribution in [1.29, 1.82) is 0 Å². The Balaban J connectivity index is 1.84. The number of hydrogen-bond donors (Lipinski definition) is 2. The largest absolute Gasteiger partial charge is 0.496 e. The third kappa shape index (κ3) is 4.46. The number of aromatic nitrogens is 1. The fourth-order valence-corrected chi connectivity index (χ4v) is 2.91. The molecule has 0 saturated carbocycles. The lowest BCUT2D eigenvalue weighted by Gasteiger charge is -2.17. The molecule has 9 nitrogen and oxygen atoms in total. The standard InChI is InChI=1S/C20H18N4O5/c1-29-18-9-7-14(24(27)28)10-13(18)11-17(19(21)25)23-20(26)16-8-6-12-4-2-3-5-15(12)22-16/h2-10,17H,11H2,1H3,(H2,21,25)(H,23,26)/t17-/m1/s1. The van der Waals surface area contributed by atoms with Crippen LogP contribution in [0.15, 0.2) is 54.6 Å². The maximum absolute atomic E-state index is 12.6. The van der Waals surface area contributed by atoms with E-state index in [0.29, 0.717) is 16.8 Å². The number of carbonyl (C=O) groups excluding carboxylic acids is 2. The normalized spacial score (nSPS) is 11.6. The van der Waals surface area contributed by atoms with Crippen molar-refractivity contribution in [2.45, 2.75) is 12.5 Å². The molecule has 1 heterocycles. The first kappa shape index (κ1) is 19.7. The lowest BCUT2D eigenvalue weighted by Crippen LogP contribution is -2.46. The fourth-order valence-electron chi connectivity index (χ4n) is 2.91. The summed E-state index contributed by atoms with van der Waals surface area (Å²) in [5.41, 5.74) is 6.42. The van der Waals surface area contributed by atoms with Crippen molar-refractivity contribution >= 4 is 28.4 Å². The molecule has 148 valence electrons. The van der Waals surface area contributed by atoms with Crippen LogP contribution < -0.4 is 15.8 Å². The predicted molar refractivity (Wildman–Crippen MR) is 106 cm³/mol. The number of pyridine rings is 1. The second-order valence-electron chi connectivity index (χ2n) is 6.27. The van der Waals surface area contributed by atoms with Crippen LogP contribution in [0, 0.1) is 10.1 Å². The molecule has 2 aromatic carbocycles. The van der Waals surface area contributed by atoms with Crippen molar-refractivity contribution in [3.05, 3.63) is 76.0 Å². The molecule has 0 aliphatic rings. The first-order valence-electron chi connectivity index (χ1n) is 8.66. The van der Waals surface area contributed by atoms with Gasteiger partial charge in [-0.25, -0.2) is 4.98 Å². The van der Waals surface area contributed by atoms with Crippen molar-refractivity contribution in [1.82, 2.24) is 10.3 Å². The summed E-state index contributed by atoms with van der Waals surface area (Å²) < 4.78 is 5.20. The third-order valence-corrected chi connectivity index (χ3v) is 4.38. The quantitative estimate of drug-likeness (QED) is 0.464. The van der Waals surface area contributed by atoms with Gasteiger partial charge in [0.05, 0.1) is 17.5 Å². The highest BCUT2D eigenvalue weighted by molar-refractivity contribution is 5.97. The summed E-state index contributed by atoms with van der Waals surface area (Å²) in [6.45, 7) is 0. The molecular formula is C20H18N4O5. The van der Waals surface area contributed by atoms with Gasteiger partial charge in [-0.2, -0.15) is 0 Å². The molecule has 3 rings (SSSR count). The molecule has 1 aromatic heterocycles. The average Bonchev–Trinajstić information content (AvgIpc) is 2.72. The minimum absolute atomic E-state index is 0.0699. The Labute approximate surface area is 165 Å². The number of primary amides is 1. The van der Waals surface area contributed by atoms with Gasteiger partial charge >= 0.3 is 0 Å². The summed E-state index contributed by atoms with van der Waals surface area (Å²) in [6, 6.07) is 13.5. The lowest BCUT2D eigenvalue weighted by atomic mass is 10.0. The van der Waals surface area contributed by atoms with E-state index >= 15 is 0 Å². The third-order valence-electron chi connectivity index (χ3n) is 4.38. The maximum Gasteiger partial charge on any atom is 0.270 e. The van der Waals surface area contributed by atoms with Crippen LogP contribution in [0.2, 0.25) is 0 Å². The summed E-state index contributed by atoms with van der Waals surface area (Å²) in [6.07, 6.45) is -0.0699. The van der Waals surface area contributed by atoms with Crippen molar-refractivity contribution in [3.63, 3.8) is 0 Å². The Kier molecular flexibility index (Phi) is 5.68. The molecule has 0 aliphatic carbocycles. The highest BCUT2D eigenvalue weighted by Crippen LogP contribution is 2.25. The van der Waals surface area contributed by atoms with Gasteiger partial charge in [0.2, 0.25) is 5.91 Å². The van der Waals surface area contributed by atoms with Crippen LogP contribution in [0.25, 0.3) is 10.9 Å². The first-order chi connectivity index (χ1) is 13.9. The Hall–Kier alpha value is -4.01. The van der Waals surface area contributed by atoms with Gasteiger partial charge in [0.1, 0.15) is 17.5 Å². The number of nitrogens with two attached hydrogens (primary N) is 1. The van der Waals surface area contributed by atoms with Crippen LogP contribution >= 0.6 is 0 Å². The number of nitrogens with one attached hydrogen (secondary N) is 1. The van der Waals surface area contributed by atoms with Gasteiger partial charge in [-0.3, -0.25) is 19.7 Å². The molecule has 3 aromatic rings. The molecule has 29 heavy (non-hydrogen) atoms. The van der Waals surface area contributed by atoms with Crippen molar-refractivity contribution in [2.24, 2.45) is 5.73 Å². The SMILES string of the molecule is COc1ccc([N+](=O)[O-])cc1C[C@@H](NC(=O)c1ccc2ccccc2n1)C(N)=O. The van der Waals surface area contributed by atoms with Gasteiger partial charge in [-0.1, -0.05) is 24.3 Å². The van der Waals surface area contributed by atoms with Crippen molar-refractivity contribution < 1.29 is 19.2 Å². The number of non-ortho nitro benzene ring substituents is 1. The molecular weight excluding hydrogens is 376 g/mol. The summed E-state index contributed by atoms with van der Waals surface area (Å²) in [5, 5.41) is 14.5. The van der Waals surface area contributed by atoms with Crippen LogP contribution in [0.4, 0.5) is 5.69 Å². The number of nitro benzene ring substituents is 1. The number of nitro groups is 1. The minimum Gasteiger partial charge on any atom is -0.496 e. The smallest absolute Gasteiger partial charge is 0.270 e. The van der Waals surface area contributed by atoms with Crippen LogP contribution in [0.1, 0.15) is 16.1 Å². The molecule has 3 N–H and O–H groups in total. The van der Waals surface area contributed by atoms with E-state index in [-0.39, 0.29) is 17.8 Å². The second-order valence-corrected chi connectivity index (χ2v) is 6.27. The van der Waals surface area contributed by atoms with E-state index in [1.807, 2.05) is 12.1 Å². The van der Waals surface area contributed by atoms with E-state index in [9.17, 15) is 19.7 Å². The Bertz CT molecular complexity index is 1100. The van der Waals surface area contributed by atoms with E-state index in [1.54, 1.807) is 24.3 Å². The van der Waals surface area contributed by atoms with Crippen LogP contribution in [-0.2, 0) is 11.2 Å². The summed E-state index contributed by atoms with van der Waals surface area (Å²) >= 11 is 0. The number of para-hydroxylation sites is 1. The molecule has 2 amide bonds. The number of amides is 2. The number of methoxy groups -OCH3 is 1. The number of ether oxygens (including phenoxy) is 1. The van der Waals surface area contributed by atoms with Gasteiger partial charge < -0.3 is 15.8 Å². The molecule has 0 bridgehead atoms. The molecule has 1 atom stereocenters.